The Balaban J connectivity index is 2.83. The molecule has 0 amide bonds. The summed E-state index contributed by atoms with van der Waals surface area (Å²) in [6.45, 7) is 0. The van der Waals surface area contributed by atoms with E-state index in [2.05, 4.69) is 0 Å². The van der Waals surface area contributed by atoms with Gasteiger partial charge in [0.2, 0.25) is 0 Å². The zero-order valence-corrected chi connectivity index (χ0v) is 4.54. The van der Waals surface area contributed by atoms with Crippen LogP contribution in [0.3, 0.4) is 0 Å². The van der Waals surface area contributed by atoms with Gasteiger partial charge in [-0.05, 0) is 0 Å². The highest BCUT2D eigenvalue weighted by molar-refractivity contribution is 6.97. The number of hydrogen-bond donors (Lipinski definition) is 0. The van der Waals surface area contributed by atoms with Crippen LogP contribution < -0.4 is 5.46 Å². The summed E-state index contributed by atoms with van der Waals surface area (Å²) in [5.74, 6) is 0. The van der Waals surface area contributed by atoms with Crippen LogP contribution in [-0.4, -0.2) is 14.9 Å². The third-order valence-corrected chi connectivity index (χ3v) is 0.992. The molecule has 0 unspecified atom stereocenters. The van der Waals surface area contributed by atoms with E-state index in [1.807, 2.05) is 30.3 Å². The highest BCUT2D eigenvalue weighted by Gasteiger charge is 1.81. The van der Waals surface area contributed by atoms with E-state index >= 15 is 0 Å². The van der Waals surface area contributed by atoms with Crippen molar-refractivity contribution >= 4 is 20.4 Å². The molecule has 0 saturated carbocycles. The second kappa shape index (κ2) is 2.61. The van der Waals surface area contributed by atoms with Crippen molar-refractivity contribution in [3.63, 3.8) is 0 Å². The van der Waals surface area contributed by atoms with Crippen molar-refractivity contribution in [2.75, 3.05) is 0 Å². The van der Waals surface area contributed by atoms with Gasteiger partial charge in [-0.25, -0.2) is 0 Å². The zero-order chi connectivity index (χ0) is 5.82. The molecule has 0 aromatic heterocycles. The third-order valence-electron chi connectivity index (χ3n) is 0.992. The van der Waals surface area contributed by atoms with E-state index in [9.17, 15) is 0 Å². The van der Waals surface area contributed by atoms with E-state index in [1.165, 1.54) is 0 Å². The Kier molecular flexibility index (Phi) is 1.79. The first-order valence-corrected chi connectivity index (χ1v) is 2.53. The standard InChI is InChI=1S/C6H5B2/c7-8-6-4-2-1-3-5-6/h1-5H. The lowest BCUT2D eigenvalue weighted by molar-refractivity contribution is 1.77. The van der Waals surface area contributed by atoms with Crippen LogP contribution >= 0.6 is 0 Å². The highest BCUT2D eigenvalue weighted by Crippen LogP contribution is 1.78. The first-order valence-electron chi connectivity index (χ1n) is 2.53. The maximum absolute atomic E-state index is 5.22. The molecule has 2 heteroatoms. The van der Waals surface area contributed by atoms with Crippen LogP contribution in [0.15, 0.2) is 30.3 Å². The van der Waals surface area contributed by atoms with Gasteiger partial charge in [0.15, 0.2) is 0 Å². The molecular weight excluding hydrogens is 93.7 g/mol. The predicted octanol–water partition coefficient (Wildman–Crippen LogP) is 0.0996. The van der Waals surface area contributed by atoms with Gasteiger partial charge in [-0.1, -0.05) is 35.8 Å². The van der Waals surface area contributed by atoms with Crippen molar-refractivity contribution in [2.45, 2.75) is 0 Å². The molecule has 1 aromatic rings. The Morgan fingerprint density at radius 2 is 1.75 bits per heavy atom. The predicted molar refractivity (Wildman–Crippen MR) is 37.6 cm³/mol. The Morgan fingerprint density at radius 1 is 1.12 bits per heavy atom. The summed E-state index contributed by atoms with van der Waals surface area (Å²) in [6.07, 6.45) is 0. The van der Waals surface area contributed by atoms with Crippen molar-refractivity contribution in [2.24, 2.45) is 0 Å². The molecular formula is C6H5B2. The summed E-state index contributed by atoms with van der Waals surface area (Å²) in [5, 5.41) is 0. The van der Waals surface area contributed by atoms with E-state index in [4.69, 9.17) is 7.74 Å². The normalized spacial score (nSPS) is 8.50. The molecule has 0 atom stereocenters. The summed E-state index contributed by atoms with van der Waals surface area (Å²) >= 11 is 0. The summed E-state index contributed by atoms with van der Waals surface area (Å²) < 4.78 is 0. The fraction of sp³-hybridized carbons (Fsp3) is 0. The smallest absolute Gasteiger partial charge is 0.0956 e. The summed E-state index contributed by atoms with van der Waals surface area (Å²) in [6, 6.07) is 9.80. The second-order valence-corrected chi connectivity index (χ2v) is 1.58. The zero-order valence-electron chi connectivity index (χ0n) is 4.54. The van der Waals surface area contributed by atoms with Crippen molar-refractivity contribution in [3.8, 4) is 0 Å². The van der Waals surface area contributed by atoms with Crippen LogP contribution in [0, 0.1) is 0 Å². The molecule has 1 rings (SSSR count). The molecule has 0 saturated heterocycles. The summed E-state index contributed by atoms with van der Waals surface area (Å²) in [7, 11) is 6.81. The first kappa shape index (κ1) is 5.49. The Hall–Kier alpha value is -0.650. The molecule has 8 heavy (non-hydrogen) atoms. The fourth-order valence-electron chi connectivity index (χ4n) is 0.564. The Bertz CT molecular complexity index is 148. The maximum atomic E-state index is 5.22. The topological polar surface area (TPSA) is 0 Å². The van der Waals surface area contributed by atoms with Crippen LogP contribution in [0.25, 0.3) is 0 Å². The van der Waals surface area contributed by atoms with Crippen LogP contribution in [0.5, 0.6) is 0 Å². The minimum Gasteiger partial charge on any atom is -0.0980 e. The summed E-state index contributed by atoms with van der Waals surface area (Å²) in [4.78, 5) is 0. The lowest BCUT2D eigenvalue weighted by atomic mass is 9.51. The lowest BCUT2D eigenvalue weighted by Crippen LogP contribution is -2.12. The van der Waals surface area contributed by atoms with E-state index in [-0.39, 0.29) is 0 Å². The average molecular weight is 98.7 g/mol. The van der Waals surface area contributed by atoms with Crippen molar-refractivity contribution in [3.05, 3.63) is 30.3 Å². The van der Waals surface area contributed by atoms with Gasteiger partial charge < -0.3 is 0 Å². The van der Waals surface area contributed by atoms with E-state index in [0.717, 1.165) is 5.46 Å². The molecule has 35 valence electrons. The van der Waals surface area contributed by atoms with Crippen LogP contribution in [0.1, 0.15) is 0 Å². The SMILES string of the molecule is [B][B]c1ccccc1. The molecule has 0 spiro atoms. The molecule has 0 aliphatic heterocycles. The van der Waals surface area contributed by atoms with Gasteiger partial charge in [0.25, 0.3) is 0 Å². The second-order valence-electron chi connectivity index (χ2n) is 1.58. The third kappa shape index (κ3) is 1.16. The Morgan fingerprint density at radius 3 is 2.12 bits per heavy atom. The van der Waals surface area contributed by atoms with Gasteiger partial charge in [0, 0.05) is 7.74 Å². The van der Waals surface area contributed by atoms with Crippen LogP contribution in [0.4, 0.5) is 0 Å². The largest absolute Gasteiger partial charge is 0.0980 e. The number of hydrogen-bond acceptors (Lipinski definition) is 0. The minimum atomic E-state index is 1.06. The van der Waals surface area contributed by atoms with Gasteiger partial charge in [0.05, 0.1) is 7.17 Å². The molecule has 0 heterocycles. The highest BCUT2D eigenvalue weighted by atomic mass is 13.7. The Labute approximate surface area is 51.6 Å². The fourth-order valence-corrected chi connectivity index (χ4v) is 0.564. The first-order chi connectivity index (χ1) is 3.93. The average Bonchev–Trinajstić information content (AvgIpc) is 1.90. The monoisotopic (exact) mass is 99.1 g/mol. The van der Waals surface area contributed by atoms with E-state index < -0.39 is 0 Å². The molecule has 3 radical (unpaired) electrons. The van der Waals surface area contributed by atoms with Crippen molar-refractivity contribution in [1.29, 1.82) is 0 Å². The van der Waals surface area contributed by atoms with Gasteiger partial charge >= 0.3 is 0 Å². The molecule has 0 aliphatic rings. The van der Waals surface area contributed by atoms with Crippen molar-refractivity contribution in [1.82, 2.24) is 0 Å². The van der Waals surface area contributed by atoms with Gasteiger partial charge in [-0.15, -0.1) is 0 Å². The van der Waals surface area contributed by atoms with Gasteiger partial charge in [0.1, 0.15) is 0 Å². The molecule has 1 aromatic carbocycles. The maximum Gasteiger partial charge on any atom is 0.0956 e. The number of rotatable bonds is 1. The lowest BCUT2D eigenvalue weighted by Gasteiger charge is -1.89. The van der Waals surface area contributed by atoms with Crippen LogP contribution in [0.2, 0.25) is 0 Å². The molecule has 0 aliphatic carbocycles. The molecule has 0 N–H and O–H groups in total. The minimum absolute atomic E-state index is 1.06. The number of benzene rings is 1. The quantitative estimate of drug-likeness (QED) is 0.438. The molecule has 0 fully saturated rings. The van der Waals surface area contributed by atoms with E-state index in [0.29, 0.717) is 0 Å². The summed E-state index contributed by atoms with van der Waals surface area (Å²) in [5.41, 5.74) is 1.06. The van der Waals surface area contributed by atoms with Crippen LogP contribution in [-0.2, 0) is 0 Å². The van der Waals surface area contributed by atoms with Crippen molar-refractivity contribution < 1.29 is 0 Å². The van der Waals surface area contributed by atoms with Gasteiger partial charge in [-0.2, -0.15) is 0 Å². The molecule has 0 bridgehead atoms. The van der Waals surface area contributed by atoms with Gasteiger partial charge in [-0.3, -0.25) is 0 Å². The molecule has 0 nitrogen and oxygen atoms in total. The van der Waals surface area contributed by atoms with E-state index in [1.54, 1.807) is 7.17 Å².